The molecular weight excluding hydrogens is 663 g/mol. The van der Waals surface area contributed by atoms with Crippen LogP contribution in [0, 0.1) is 12.7 Å². The molecule has 1 aliphatic heterocycles. The van der Waals surface area contributed by atoms with Crippen molar-refractivity contribution in [2.24, 2.45) is 0 Å². The second-order valence-corrected chi connectivity index (χ2v) is 15.2. The van der Waals surface area contributed by atoms with E-state index >= 15 is 4.39 Å². The Labute approximate surface area is 279 Å². The Morgan fingerprint density at radius 1 is 1.17 bits per heavy atom. The minimum Gasteiger partial charge on any atom is -0.375 e. The maximum atomic E-state index is 17.6. The van der Waals surface area contributed by atoms with Gasteiger partial charge in [-0.3, -0.25) is 19.1 Å². The molecular formula is C33H32ClFN6O4S2. The predicted octanol–water partition coefficient (Wildman–Crippen LogP) is 5.71. The zero-order valence-corrected chi connectivity index (χ0v) is 28.6. The normalized spacial score (nSPS) is 14.0. The number of thiazole rings is 1. The number of hydrogen-bond donors (Lipinski definition) is 1. The molecule has 3 aromatic heterocycles. The minimum absolute atomic E-state index is 0.00434. The highest BCUT2D eigenvalue weighted by molar-refractivity contribution is 7.90. The molecule has 4 heterocycles. The molecule has 47 heavy (non-hydrogen) atoms. The maximum Gasteiger partial charge on any atom is 0.276 e. The van der Waals surface area contributed by atoms with E-state index in [0.29, 0.717) is 33.2 Å². The summed E-state index contributed by atoms with van der Waals surface area (Å²) in [7, 11) is -4.21. The molecule has 5 aromatic rings. The molecule has 0 aliphatic carbocycles. The summed E-state index contributed by atoms with van der Waals surface area (Å²) < 4.78 is 46.6. The van der Waals surface area contributed by atoms with E-state index in [0.717, 1.165) is 15.5 Å². The summed E-state index contributed by atoms with van der Waals surface area (Å²) in [5, 5.41) is 0.415. The van der Waals surface area contributed by atoms with Gasteiger partial charge in [0.25, 0.3) is 5.56 Å². The topological polar surface area (TPSA) is 131 Å². The third-order valence-corrected chi connectivity index (χ3v) is 10.6. The Hall–Kier alpha value is -4.33. The van der Waals surface area contributed by atoms with Gasteiger partial charge in [-0.05, 0) is 42.7 Å². The number of amides is 1. The van der Waals surface area contributed by atoms with Crippen molar-refractivity contribution in [3.63, 3.8) is 0 Å². The fraction of sp³-hybridized carbons (Fsp3) is 0.273. The number of aryl methyl sites for hydroxylation is 1. The van der Waals surface area contributed by atoms with E-state index in [4.69, 9.17) is 17.3 Å². The monoisotopic (exact) mass is 694 g/mol. The number of nitrogen functional groups attached to an aromatic ring is 1. The van der Waals surface area contributed by atoms with Crippen LogP contribution >= 0.6 is 22.9 Å². The molecule has 244 valence electrons. The predicted molar refractivity (Wildman–Crippen MR) is 186 cm³/mol. The number of nitrogens with zero attached hydrogens (tertiary/aromatic N) is 5. The van der Waals surface area contributed by atoms with Crippen LogP contribution in [-0.4, -0.2) is 66.2 Å². The van der Waals surface area contributed by atoms with Gasteiger partial charge in [-0.1, -0.05) is 55.5 Å². The highest BCUT2D eigenvalue weighted by atomic mass is 35.5. The van der Waals surface area contributed by atoms with Crippen LogP contribution < -0.4 is 16.2 Å². The fourth-order valence-corrected chi connectivity index (χ4v) is 8.33. The fourth-order valence-electron chi connectivity index (χ4n) is 6.27. The first-order chi connectivity index (χ1) is 22.2. The molecule has 0 bridgehead atoms. The number of nitrogens with two attached hydrogens (primary N) is 1. The quantitative estimate of drug-likeness (QED) is 0.224. The van der Waals surface area contributed by atoms with E-state index in [9.17, 15) is 18.0 Å². The zero-order valence-electron chi connectivity index (χ0n) is 26.2. The van der Waals surface area contributed by atoms with Crippen LogP contribution in [0.3, 0.4) is 0 Å². The molecule has 1 saturated heterocycles. The number of halogens is 2. The molecule has 1 aliphatic rings. The van der Waals surface area contributed by atoms with Crippen LogP contribution in [0.2, 0.25) is 5.02 Å². The number of aromatic nitrogens is 3. The van der Waals surface area contributed by atoms with Crippen molar-refractivity contribution < 1.29 is 17.6 Å². The van der Waals surface area contributed by atoms with E-state index in [2.05, 4.69) is 16.5 Å². The molecule has 0 radical (unpaired) electrons. The molecule has 2 N–H and O–H groups in total. The van der Waals surface area contributed by atoms with Crippen molar-refractivity contribution in [2.75, 3.05) is 43.1 Å². The van der Waals surface area contributed by atoms with Crippen molar-refractivity contribution in [1.29, 1.82) is 0 Å². The number of anilines is 2. The largest absolute Gasteiger partial charge is 0.375 e. The van der Waals surface area contributed by atoms with E-state index < -0.39 is 26.1 Å². The Kier molecular flexibility index (Phi) is 8.35. The first kappa shape index (κ1) is 32.6. The third-order valence-electron chi connectivity index (χ3n) is 8.37. The van der Waals surface area contributed by atoms with Crippen molar-refractivity contribution in [3.8, 4) is 16.8 Å². The number of pyridine rings is 2. The molecule has 1 fully saturated rings. The second-order valence-electron chi connectivity index (χ2n) is 11.8. The number of para-hydroxylation sites is 1. The lowest BCUT2D eigenvalue weighted by atomic mass is 9.99. The maximum absolute atomic E-state index is 17.6. The lowest BCUT2D eigenvalue weighted by Crippen LogP contribution is -2.49. The van der Waals surface area contributed by atoms with Crippen LogP contribution in [0.5, 0.6) is 0 Å². The van der Waals surface area contributed by atoms with Crippen molar-refractivity contribution in [3.05, 3.63) is 81.6 Å². The van der Waals surface area contributed by atoms with Gasteiger partial charge in [-0.2, -0.15) is 0 Å². The summed E-state index contributed by atoms with van der Waals surface area (Å²) in [4.78, 5) is 38.8. The summed E-state index contributed by atoms with van der Waals surface area (Å²) in [6, 6.07) is 8.43. The van der Waals surface area contributed by atoms with E-state index in [1.807, 2.05) is 19.9 Å². The Balaban J connectivity index is 1.80. The molecule has 1 amide bonds. The molecule has 2 aromatic carbocycles. The van der Waals surface area contributed by atoms with Gasteiger partial charge in [0.15, 0.2) is 25.7 Å². The highest BCUT2D eigenvalue weighted by Gasteiger charge is 2.34. The first-order valence-electron chi connectivity index (χ1n) is 14.8. The third kappa shape index (κ3) is 5.45. The van der Waals surface area contributed by atoms with Gasteiger partial charge in [-0.15, -0.1) is 0 Å². The minimum atomic E-state index is -4.21. The number of carbonyl (C=O) groups is 1. The van der Waals surface area contributed by atoms with Crippen molar-refractivity contribution in [1.82, 2.24) is 19.4 Å². The zero-order chi connectivity index (χ0) is 33.9. The lowest BCUT2D eigenvalue weighted by molar-refractivity contribution is -0.126. The number of rotatable bonds is 6. The van der Waals surface area contributed by atoms with Gasteiger partial charge in [0.2, 0.25) is 5.91 Å². The first-order valence-corrected chi connectivity index (χ1v) is 17.9. The SMILES string of the molecule is C=CC(=O)N1CCN(c2c(S(C)(=O)=O)c(=O)n(-c3c(C)ccnc3C(C)C)c3c(F)c(-c4cccc5sc(N)nc45)c(Cl)cc23)CC1. The van der Waals surface area contributed by atoms with Gasteiger partial charge in [0.05, 0.1) is 37.8 Å². The van der Waals surface area contributed by atoms with Crippen molar-refractivity contribution in [2.45, 2.75) is 31.6 Å². The Morgan fingerprint density at radius 2 is 1.87 bits per heavy atom. The van der Waals surface area contributed by atoms with Crippen LogP contribution in [0.25, 0.3) is 37.9 Å². The summed E-state index contributed by atoms with van der Waals surface area (Å²) >= 11 is 8.18. The number of hydrogen-bond acceptors (Lipinski definition) is 9. The van der Waals surface area contributed by atoms with E-state index in [1.54, 1.807) is 41.1 Å². The Bertz CT molecular complexity index is 2290. The molecule has 14 heteroatoms. The average molecular weight is 695 g/mol. The number of benzene rings is 2. The molecule has 0 spiro atoms. The van der Waals surface area contributed by atoms with E-state index in [-0.39, 0.29) is 65.2 Å². The second kappa shape index (κ2) is 12.0. The van der Waals surface area contributed by atoms with Crippen LogP contribution in [0.1, 0.15) is 31.0 Å². The molecule has 0 atom stereocenters. The van der Waals surface area contributed by atoms with Gasteiger partial charge >= 0.3 is 0 Å². The van der Waals surface area contributed by atoms with Gasteiger partial charge in [0.1, 0.15) is 0 Å². The smallest absolute Gasteiger partial charge is 0.276 e. The standard InChI is InChI=1S/C33H32ClFN6O4S2/c1-6-23(42)39-12-14-40(15-13-39)30-20-16-21(34)24(19-8-7-9-22-27(19)38-33(36)46-22)25(35)29(20)41(32(43)31(30)47(5,44)45)28-18(4)10-11-37-26(28)17(2)3/h6-11,16-17H,1,12-15H2,2-5H3,(H2,36,38). The van der Waals surface area contributed by atoms with Crippen LogP contribution in [-0.2, 0) is 14.6 Å². The van der Waals surface area contributed by atoms with Gasteiger partial charge in [-0.25, -0.2) is 17.8 Å². The number of fused-ring (bicyclic) bond motifs is 2. The number of sulfone groups is 1. The summed E-state index contributed by atoms with van der Waals surface area (Å²) in [6.45, 7) is 9.93. The van der Waals surface area contributed by atoms with Gasteiger partial charge in [0, 0.05) is 55.1 Å². The lowest BCUT2D eigenvalue weighted by Gasteiger charge is -2.37. The summed E-state index contributed by atoms with van der Waals surface area (Å²) in [5.41, 5.74) is 7.17. The van der Waals surface area contributed by atoms with Gasteiger partial charge < -0.3 is 15.5 Å². The number of piperazine rings is 1. The van der Waals surface area contributed by atoms with E-state index in [1.165, 1.54) is 23.5 Å². The molecule has 6 rings (SSSR count). The van der Waals surface area contributed by atoms with Crippen molar-refractivity contribution >= 4 is 70.6 Å². The summed E-state index contributed by atoms with van der Waals surface area (Å²) in [6.07, 6.45) is 3.77. The highest BCUT2D eigenvalue weighted by Crippen LogP contribution is 2.44. The van der Waals surface area contributed by atoms with Crippen LogP contribution in [0.4, 0.5) is 15.2 Å². The molecule has 0 unspecified atom stereocenters. The molecule has 10 nitrogen and oxygen atoms in total. The Morgan fingerprint density at radius 3 is 2.51 bits per heavy atom. The average Bonchev–Trinajstić information content (AvgIpc) is 3.41. The molecule has 0 saturated carbocycles. The van der Waals surface area contributed by atoms with Crippen LogP contribution in [0.15, 0.2) is 58.9 Å². The summed E-state index contributed by atoms with van der Waals surface area (Å²) in [5.74, 6) is -1.30. The number of carbonyl (C=O) groups excluding carboxylic acids is 1.